The van der Waals surface area contributed by atoms with Gasteiger partial charge in [-0.2, -0.15) is 0 Å². The molecule has 8 nitrogen and oxygen atoms in total. The smallest absolute Gasteiger partial charge is 0.251 e. The van der Waals surface area contributed by atoms with Crippen molar-refractivity contribution in [3.63, 3.8) is 0 Å². The molecule has 0 unspecified atom stereocenters. The van der Waals surface area contributed by atoms with Crippen LogP contribution in [0.5, 0.6) is 11.5 Å². The number of ether oxygens (including phenoxy) is 2. The van der Waals surface area contributed by atoms with Crippen LogP contribution in [0.4, 0.5) is 0 Å². The van der Waals surface area contributed by atoms with Crippen LogP contribution in [0, 0.1) is 0 Å². The van der Waals surface area contributed by atoms with Gasteiger partial charge in [-0.3, -0.25) is 9.36 Å². The molecule has 0 bridgehead atoms. The second-order valence-electron chi connectivity index (χ2n) is 7.34. The molecule has 33 heavy (non-hydrogen) atoms. The zero-order valence-electron chi connectivity index (χ0n) is 18.0. The Labute approximate surface area is 194 Å². The first-order valence-electron chi connectivity index (χ1n) is 10.6. The molecular weight excluding hydrogens is 440 g/mol. The Bertz CT molecular complexity index is 1270. The van der Waals surface area contributed by atoms with E-state index in [0.29, 0.717) is 41.7 Å². The van der Waals surface area contributed by atoms with Crippen molar-refractivity contribution in [3.05, 3.63) is 77.6 Å². The third-order valence-electron chi connectivity index (χ3n) is 5.28. The molecule has 0 saturated heterocycles. The number of rotatable bonds is 8. The van der Waals surface area contributed by atoms with Gasteiger partial charge in [0.2, 0.25) is 6.79 Å². The lowest BCUT2D eigenvalue weighted by Crippen LogP contribution is -2.23. The molecule has 168 valence electrons. The van der Waals surface area contributed by atoms with Gasteiger partial charge >= 0.3 is 0 Å². The number of amides is 1. The van der Waals surface area contributed by atoms with Gasteiger partial charge in [-0.1, -0.05) is 36.0 Å². The number of furan rings is 1. The molecule has 2 aromatic heterocycles. The van der Waals surface area contributed by atoms with Crippen LogP contribution < -0.4 is 14.8 Å². The number of aromatic nitrogens is 3. The molecule has 3 heterocycles. The highest BCUT2D eigenvalue weighted by Gasteiger charge is 2.18. The highest BCUT2D eigenvalue weighted by Crippen LogP contribution is 2.32. The number of carbonyl (C=O) groups excluding carboxylic acids is 1. The minimum absolute atomic E-state index is 0.128. The molecule has 5 rings (SSSR count). The zero-order valence-corrected chi connectivity index (χ0v) is 18.8. The molecular formula is C24H22N4O4S. The first-order valence-corrected chi connectivity index (χ1v) is 11.6. The monoisotopic (exact) mass is 462 g/mol. The van der Waals surface area contributed by atoms with Gasteiger partial charge in [0.05, 0.1) is 6.26 Å². The zero-order chi connectivity index (χ0) is 22.6. The quantitative estimate of drug-likeness (QED) is 0.385. The summed E-state index contributed by atoms with van der Waals surface area (Å²) in [6.45, 7) is 3.37. The SMILES string of the molecule is CCn1c(SCc2ccccc2C(=O)NCc2ccc3c(c2)OCO3)nnc1-c1ccco1. The van der Waals surface area contributed by atoms with E-state index < -0.39 is 0 Å². The van der Waals surface area contributed by atoms with Gasteiger partial charge in [0.25, 0.3) is 5.91 Å². The Morgan fingerprint density at radius 3 is 2.82 bits per heavy atom. The van der Waals surface area contributed by atoms with Gasteiger partial charge in [-0.15, -0.1) is 10.2 Å². The van der Waals surface area contributed by atoms with E-state index in [0.717, 1.165) is 22.0 Å². The summed E-state index contributed by atoms with van der Waals surface area (Å²) in [5.41, 5.74) is 2.51. The van der Waals surface area contributed by atoms with Crippen LogP contribution >= 0.6 is 11.8 Å². The predicted molar refractivity (Wildman–Crippen MR) is 123 cm³/mol. The maximum Gasteiger partial charge on any atom is 0.251 e. The summed E-state index contributed by atoms with van der Waals surface area (Å²) in [4.78, 5) is 12.9. The van der Waals surface area contributed by atoms with E-state index in [9.17, 15) is 4.79 Å². The van der Waals surface area contributed by atoms with Gasteiger partial charge in [0.15, 0.2) is 28.2 Å². The van der Waals surface area contributed by atoms with Gasteiger partial charge in [-0.05, 0) is 48.4 Å². The summed E-state index contributed by atoms with van der Waals surface area (Å²) in [5.74, 6) is 3.26. The number of carbonyl (C=O) groups is 1. The van der Waals surface area contributed by atoms with E-state index in [1.54, 1.807) is 6.26 Å². The summed E-state index contributed by atoms with van der Waals surface area (Å²) in [5, 5.41) is 12.4. The summed E-state index contributed by atoms with van der Waals surface area (Å²) < 4.78 is 18.2. The Kier molecular flexibility index (Phi) is 6.03. The van der Waals surface area contributed by atoms with Crippen molar-refractivity contribution in [2.45, 2.75) is 30.9 Å². The maximum absolute atomic E-state index is 12.9. The molecule has 0 atom stereocenters. The first-order chi connectivity index (χ1) is 16.2. The van der Waals surface area contributed by atoms with E-state index in [4.69, 9.17) is 13.9 Å². The van der Waals surface area contributed by atoms with Crippen LogP contribution in [-0.4, -0.2) is 27.5 Å². The average molecular weight is 463 g/mol. The molecule has 0 aliphatic carbocycles. The van der Waals surface area contributed by atoms with Crippen molar-refractivity contribution in [3.8, 4) is 23.1 Å². The van der Waals surface area contributed by atoms with Crippen LogP contribution in [0.3, 0.4) is 0 Å². The standard InChI is InChI=1S/C24H22N4O4S/c1-2-28-22(20-8-5-11-30-20)26-27-24(28)33-14-17-6-3-4-7-18(17)23(29)25-13-16-9-10-19-21(12-16)32-15-31-19/h3-12H,2,13-15H2,1H3,(H,25,29). The Morgan fingerprint density at radius 2 is 1.97 bits per heavy atom. The minimum atomic E-state index is -0.128. The lowest BCUT2D eigenvalue weighted by molar-refractivity contribution is 0.0950. The fourth-order valence-corrected chi connectivity index (χ4v) is 4.61. The molecule has 0 fully saturated rings. The van der Waals surface area contributed by atoms with Crippen molar-refractivity contribution < 1.29 is 18.7 Å². The van der Waals surface area contributed by atoms with Crippen LogP contribution in [-0.2, 0) is 18.8 Å². The number of nitrogens with zero attached hydrogens (tertiary/aromatic N) is 3. The fraction of sp³-hybridized carbons (Fsp3) is 0.208. The van der Waals surface area contributed by atoms with Crippen molar-refractivity contribution in [2.24, 2.45) is 0 Å². The molecule has 1 aliphatic heterocycles. The maximum atomic E-state index is 12.9. The Balaban J connectivity index is 1.27. The highest BCUT2D eigenvalue weighted by atomic mass is 32.2. The summed E-state index contributed by atoms with van der Waals surface area (Å²) in [6, 6.07) is 17.0. The number of thioether (sulfide) groups is 1. The largest absolute Gasteiger partial charge is 0.461 e. The topological polar surface area (TPSA) is 91.4 Å². The van der Waals surface area contributed by atoms with Crippen molar-refractivity contribution in [2.75, 3.05) is 6.79 Å². The molecule has 4 aromatic rings. The summed E-state index contributed by atoms with van der Waals surface area (Å²) >= 11 is 1.54. The van der Waals surface area contributed by atoms with E-state index in [-0.39, 0.29) is 12.7 Å². The highest BCUT2D eigenvalue weighted by molar-refractivity contribution is 7.98. The number of hydrogen-bond acceptors (Lipinski definition) is 7. The van der Waals surface area contributed by atoms with Crippen LogP contribution in [0.1, 0.15) is 28.4 Å². The molecule has 1 aliphatic rings. The minimum Gasteiger partial charge on any atom is -0.461 e. The lowest BCUT2D eigenvalue weighted by Gasteiger charge is -2.11. The molecule has 0 spiro atoms. The molecule has 9 heteroatoms. The Hall–Kier alpha value is -3.72. The van der Waals surface area contributed by atoms with Crippen molar-refractivity contribution in [1.29, 1.82) is 0 Å². The van der Waals surface area contributed by atoms with E-state index in [1.165, 1.54) is 11.8 Å². The third-order valence-corrected chi connectivity index (χ3v) is 6.30. The number of benzene rings is 2. The van der Waals surface area contributed by atoms with Gasteiger partial charge in [-0.25, -0.2) is 0 Å². The summed E-state index contributed by atoms with van der Waals surface area (Å²) in [6.07, 6.45) is 1.62. The normalized spacial score (nSPS) is 12.2. The second kappa shape index (κ2) is 9.41. The van der Waals surface area contributed by atoms with Gasteiger partial charge in [0.1, 0.15) is 0 Å². The molecule has 2 aromatic carbocycles. The lowest BCUT2D eigenvalue weighted by atomic mass is 10.1. The average Bonchev–Trinajstić information content (AvgIpc) is 3.61. The molecule has 0 radical (unpaired) electrons. The summed E-state index contributed by atoms with van der Waals surface area (Å²) in [7, 11) is 0. The second-order valence-corrected chi connectivity index (χ2v) is 8.29. The van der Waals surface area contributed by atoms with Gasteiger partial charge < -0.3 is 19.2 Å². The fourth-order valence-electron chi connectivity index (χ4n) is 3.61. The Morgan fingerprint density at radius 1 is 1.09 bits per heavy atom. The predicted octanol–water partition coefficient (Wildman–Crippen LogP) is 4.51. The van der Waals surface area contributed by atoms with E-state index in [1.807, 2.05) is 66.1 Å². The number of hydrogen-bond donors (Lipinski definition) is 1. The van der Waals surface area contributed by atoms with Crippen LogP contribution in [0.15, 0.2) is 70.4 Å². The van der Waals surface area contributed by atoms with Crippen LogP contribution in [0.25, 0.3) is 11.6 Å². The van der Waals surface area contributed by atoms with Crippen molar-refractivity contribution in [1.82, 2.24) is 20.1 Å². The number of fused-ring (bicyclic) bond motifs is 1. The molecule has 1 N–H and O–H groups in total. The first kappa shape index (κ1) is 21.1. The number of nitrogens with one attached hydrogen (secondary N) is 1. The van der Waals surface area contributed by atoms with E-state index in [2.05, 4.69) is 15.5 Å². The third kappa shape index (κ3) is 4.45. The van der Waals surface area contributed by atoms with Crippen molar-refractivity contribution >= 4 is 17.7 Å². The van der Waals surface area contributed by atoms with Crippen LogP contribution in [0.2, 0.25) is 0 Å². The van der Waals surface area contributed by atoms with Gasteiger partial charge in [0, 0.05) is 24.4 Å². The molecule has 1 amide bonds. The van der Waals surface area contributed by atoms with E-state index >= 15 is 0 Å². The molecule has 0 saturated carbocycles.